The second-order valence-corrected chi connectivity index (χ2v) is 5.19. The van der Waals surface area contributed by atoms with E-state index < -0.39 is 0 Å². The van der Waals surface area contributed by atoms with Crippen molar-refractivity contribution in [2.75, 3.05) is 13.6 Å². The molecule has 1 heterocycles. The maximum absolute atomic E-state index is 2.42. The molecule has 0 bridgehead atoms. The van der Waals surface area contributed by atoms with Crippen LogP contribution in [0.3, 0.4) is 0 Å². The molecule has 0 saturated carbocycles. The van der Waals surface area contributed by atoms with Crippen LogP contribution in [-0.2, 0) is 6.54 Å². The van der Waals surface area contributed by atoms with Crippen molar-refractivity contribution in [3.05, 3.63) is 71.3 Å². The summed E-state index contributed by atoms with van der Waals surface area (Å²) in [5.74, 6) is 0.548. The van der Waals surface area contributed by atoms with Gasteiger partial charge in [0.05, 0.1) is 0 Å². The van der Waals surface area contributed by atoms with Crippen molar-refractivity contribution in [3.8, 4) is 0 Å². The largest absolute Gasteiger partial charge is 0.302 e. The number of hydrogen-bond acceptors (Lipinski definition) is 1. The van der Waals surface area contributed by atoms with Gasteiger partial charge in [-0.3, -0.25) is 0 Å². The van der Waals surface area contributed by atoms with Crippen LogP contribution in [0.1, 0.15) is 29.0 Å². The fourth-order valence-corrected chi connectivity index (χ4v) is 2.92. The average molecular weight is 237 g/mol. The highest BCUT2D eigenvalue weighted by Gasteiger charge is 2.21. The maximum atomic E-state index is 2.42. The zero-order chi connectivity index (χ0) is 12.4. The lowest BCUT2D eigenvalue weighted by Gasteiger charge is -2.17. The van der Waals surface area contributed by atoms with E-state index in [-0.39, 0.29) is 0 Å². The molecule has 2 aromatic carbocycles. The van der Waals surface area contributed by atoms with Gasteiger partial charge < -0.3 is 4.90 Å². The van der Waals surface area contributed by atoms with E-state index in [9.17, 15) is 0 Å². The van der Waals surface area contributed by atoms with Gasteiger partial charge in [0.25, 0.3) is 0 Å². The maximum Gasteiger partial charge on any atom is 0.0233 e. The van der Waals surface area contributed by atoms with Gasteiger partial charge in [-0.05, 0) is 36.7 Å². The summed E-state index contributed by atoms with van der Waals surface area (Å²) in [7, 11) is 2.21. The Kier molecular flexibility index (Phi) is 3.16. The van der Waals surface area contributed by atoms with Crippen molar-refractivity contribution in [2.24, 2.45) is 0 Å². The zero-order valence-corrected chi connectivity index (χ0v) is 10.8. The van der Waals surface area contributed by atoms with Crippen molar-refractivity contribution in [1.29, 1.82) is 0 Å². The van der Waals surface area contributed by atoms with Gasteiger partial charge in [-0.25, -0.2) is 0 Å². The van der Waals surface area contributed by atoms with Gasteiger partial charge in [0.2, 0.25) is 0 Å². The van der Waals surface area contributed by atoms with E-state index in [0.717, 1.165) is 13.1 Å². The third kappa shape index (κ3) is 2.19. The molecule has 1 atom stereocenters. The summed E-state index contributed by atoms with van der Waals surface area (Å²) in [4.78, 5) is 2.42. The van der Waals surface area contributed by atoms with Crippen LogP contribution in [0.5, 0.6) is 0 Å². The SMILES string of the molecule is CN1CC[C@@H](c2ccccc2)c2ccccc2C1. The standard InChI is InChI=1S/C17H19N/c1-18-12-11-17(14-7-3-2-4-8-14)16-10-6-5-9-15(16)13-18/h2-10,17H,11-13H2,1H3/t17-/m0/s1. The molecule has 1 aliphatic rings. The first-order valence-corrected chi connectivity index (χ1v) is 6.66. The normalized spacial score (nSPS) is 20.2. The summed E-state index contributed by atoms with van der Waals surface area (Å²) in [5, 5.41) is 0. The molecule has 0 aliphatic carbocycles. The molecule has 1 nitrogen and oxygen atoms in total. The smallest absolute Gasteiger partial charge is 0.0233 e. The molecule has 1 aliphatic heterocycles. The molecule has 0 saturated heterocycles. The number of hydrogen-bond donors (Lipinski definition) is 0. The topological polar surface area (TPSA) is 3.24 Å². The van der Waals surface area contributed by atoms with E-state index in [4.69, 9.17) is 0 Å². The predicted octanol–water partition coefficient (Wildman–Crippen LogP) is 3.65. The van der Waals surface area contributed by atoms with Crippen LogP contribution in [0, 0.1) is 0 Å². The van der Waals surface area contributed by atoms with Gasteiger partial charge in [-0.15, -0.1) is 0 Å². The highest BCUT2D eigenvalue weighted by atomic mass is 15.1. The summed E-state index contributed by atoms with van der Waals surface area (Å²) < 4.78 is 0. The van der Waals surface area contributed by atoms with Crippen LogP contribution in [0.15, 0.2) is 54.6 Å². The van der Waals surface area contributed by atoms with Gasteiger partial charge in [0.15, 0.2) is 0 Å². The van der Waals surface area contributed by atoms with E-state index >= 15 is 0 Å². The summed E-state index contributed by atoms with van der Waals surface area (Å²) in [5.41, 5.74) is 4.43. The van der Waals surface area contributed by atoms with Crippen molar-refractivity contribution < 1.29 is 0 Å². The molecule has 3 rings (SSSR count). The quantitative estimate of drug-likeness (QED) is 0.731. The Morgan fingerprint density at radius 1 is 0.944 bits per heavy atom. The fraction of sp³-hybridized carbons (Fsp3) is 0.294. The zero-order valence-electron chi connectivity index (χ0n) is 10.8. The lowest BCUT2D eigenvalue weighted by molar-refractivity contribution is 0.328. The van der Waals surface area contributed by atoms with Crippen LogP contribution in [0.25, 0.3) is 0 Å². The number of rotatable bonds is 1. The number of benzene rings is 2. The first kappa shape index (κ1) is 11.5. The lowest BCUT2D eigenvalue weighted by atomic mass is 9.87. The summed E-state index contributed by atoms with van der Waals surface area (Å²) in [6, 6.07) is 19.8. The first-order chi connectivity index (χ1) is 8.84. The third-order valence-corrected chi connectivity index (χ3v) is 3.87. The van der Waals surface area contributed by atoms with Crippen LogP contribution in [0.2, 0.25) is 0 Å². The van der Waals surface area contributed by atoms with Crippen LogP contribution in [0.4, 0.5) is 0 Å². The molecule has 18 heavy (non-hydrogen) atoms. The third-order valence-electron chi connectivity index (χ3n) is 3.87. The average Bonchev–Trinajstić information content (AvgIpc) is 2.58. The molecule has 2 aromatic rings. The monoisotopic (exact) mass is 237 g/mol. The Bertz CT molecular complexity index is 518. The summed E-state index contributed by atoms with van der Waals surface area (Å²) in [6.07, 6.45) is 1.21. The molecule has 0 radical (unpaired) electrons. The van der Waals surface area contributed by atoms with Gasteiger partial charge in [-0.2, -0.15) is 0 Å². The highest BCUT2D eigenvalue weighted by molar-refractivity contribution is 5.38. The molecular weight excluding hydrogens is 218 g/mol. The number of fused-ring (bicyclic) bond motifs is 1. The minimum Gasteiger partial charge on any atom is -0.302 e. The van der Waals surface area contributed by atoms with E-state index in [1.165, 1.54) is 23.1 Å². The molecule has 0 N–H and O–H groups in total. The van der Waals surface area contributed by atoms with Crippen molar-refractivity contribution in [3.63, 3.8) is 0 Å². The van der Waals surface area contributed by atoms with Crippen LogP contribution < -0.4 is 0 Å². The Morgan fingerprint density at radius 2 is 1.67 bits per heavy atom. The van der Waals surface area contributed by atoms with Gasteiger partial charge >= 0.3 is 0 Å². The predicted molar refractivity (Wildman–Crippen MR) is 75.7 cm³/mol. The lowest BCUT2D eigenvalue weighted by Crippen LogP contribution is -2.17. The molecular formula is C17H19N. The van der Waals surface area contributed by atoms with Gasteiger partial charge in [0, 0.05) is 12.5 Å². The highest BCUT2D eigenvalue weighted by Crippen LogP contribution is 2.33. The summed E-state index contributed by atoms with van der Waals surface area (Å²) >= 11 is 0. The molecule has 0 aromatic heterocycles. The Hall–Kier alpha value is -1.60. The number of nitrogens with zero attached hydrogens (tertiary/aromatic N) is 1. The molecule has 0 fully saturated rings. The van der Waals surface area contributed by atoms with Gasteiger partial charge in [0.1, 0.15) is 0 Å². The summed E-state index contributed by atoms with van der Waals surface area (Å²) in [6.45, 7) is 2.23. The molecule has 0 spiro atoms. The van der Waals surface area contributed by atoms with Crippen molar-refractivity contribution >= 4 is 0 Å². The molecule has 0 unspecified atom stereocenters. The molecule has 92 valence electrons. The van der Waals surface area contributed by atoms with E-state index in [0.29, 0.717) is 5.92 Å². The Morgan fingerprint density at radius 3 is 2.50 bits per heavy atom. The first-order valence-electron chi connectivity index (χ1n) is 6.66. The fourth-order valence-electron chi connectivity index (χ4n) is 2.92. The Labute approximate surface area is 109 Å². The minimum absolute atomic E-state index is 0.548. The minimum atomic E-state index is 0.548. The molecule has 1 heteroatoms. The second-order valence-electron chi connectivity index (χ2n) is 5.19. The van der Waals surface area contributed by atoms with Crippen LogP contribution >= 0.6 is 0 Å². The molecule has 0 amide bonds. The van der Waals surface area contributed by atoms with Gasteiger partial charge in [-0.1, -0.05) is 54.6 Å². The second kappa shape index (κ2) is 4.95. The van der Waals surface area contributed by atoms with Crippen LogP contribution in [-0.4, -0.2) is 18.5 Å². The van der Waals surface area contributed by atoms with E-state index in [2.05, 4.69) is 66.5 Å². The van der Waals surface area contributed by atoms with Crippen molar-refractivity contribution in [2.45, 2.75) is 18.9 Å². The van der Waals surface area contributed by atoms with E-state index in [1.807, 2.05) is 0 Å². The van der Waals surface area contributed by atoms with E-state index in [1.54, 1.807) is 0 Å². The van der Waals surface area contributed by atoms with Crippen molar-refractivity contribution in [1.82, 2.24) is 4.90 Å². The Balaban J connectivity index is 2.05.